The van der Waals surface area contributed by atoms with Crippen LogP contribution in [0.25, 0.3) is 0 Å². The van der Waals surface area contributed by atoms with Crippen LogP contribution in [-0.4, -0.2) is 25.4 Å². The van der Waals surface area contributed by atoms with Crippen molar-refractivity contribution in [2.24, 2.45) is 0 Å². The summed E-state index contributed by atoms with van der Waals surface area (Å²) in [5.74, 6) is 0. The second kappa shape index (κ2) is 6.70. The minimum absolute atomic E-state index is 0. The first-order chi connectivity index (χ1) is 3.31. The zero-order valence-electron chi connectivity index (χ0n) is 4.69. The molecule has 4 heteroatoms. The van der Waals surface area contributed by atoms with Crippen molar-refractivity contribution < 1.29 is 22.4 Å². The van der Waals surface area contributed by atoms with Crippen LogP contribution in [0.3, 0.4) is 0 Å². The number of aliphatic hydroxyl groups excluding tert-OH is 1. The van der Waals surface area contributed by atoms with E-state index in [1.807, 2.05) is 6.07 Å². The summed E-state index contributed by atoms with van der Waals surface area (Å²) in [6, 6.07) is 1.92. The van der Waals surface area contributed by atoms with Crippen molar-refractivity contribution in [2.75, 3.05) is 20.3 Å². The van der Waals surface area contributed by atoms with Crippen LogP contribution in [0.15, 0.2) is 0 Å². The summed E-state index contributed by atoms with van der Waals surface area (Å²) in [5, 5.41) is 16.3. The predicted octanol–water partition coefficient (Wildman–Crippen LogP) is -5.02. The molecule has 0 rings (SSSR count). The highest BCUT2D eigenvalue weighted by Gasteiger charge is 1.91. The molecule has 0 heterocycles. The molecule has 0 fully saturated rings. The maximum Gasteiger partial charge on any atom is 0.179 e. The first-order valence-corrected chi connectivity index (χ1v) is 2.10. The number of hydrogen-bond acceptors (Lipinski definition) is 2. The van der Waals surface area contributed by atoms with Crippen molar-refractivity contribution in [3.05, 3.63) is 0 Å². The number of quaternary nitrogens is 1. The summed E-state index contributed by atoms with van der Waals surface area (Å²) < 4.78 is 0. The third-order valence-corrected chi connectivity index (χ3v) is 0.651. The van der Waals surface area contributed by atoms with Gasteiger partial charge < -0.3 is 22.4 Å². The van der Waals surface area contributed by atoms with Gasteiger partial charge in [-0.2, -0.15) is 5.26 Å². The quantitative estimate of drug-likeness (QED) is 0.295. The van der Waals surface area contributed by atoms with Gasteiger partial charge in [-0.05, 0) is 0 Å². The Morgan fingerprint density at radius 2 is 2.25 bits per heavy atom. The van der Waals surface area contributed by atoms with Gasteiger partial charge in [-0.15, -0.1) is 0 Å². The molecule has 0 radical (unpaired) electrons. The summed E-state index contributed by atoms with van der Waals surface area (Å²) in [5.41, 5.74) is 0. The molecule has 8 heavy (non-hydrogen) atoms. The van der Waals surface area contributed by atoms with E-state index < -0.39 is 0 Å². The van der Waals surface area contributed by atoms with E-state index in [4.69, 9.17) is 10.4 Å². The van der Waals surface area contributed by atoms with Crippen LogP contribution in [0.1, 0.15) is 0 Å². The van der Waals surface area contributed by atoms with Crippen LogP contribution in [0.4, 0.5) is 0 Å². The SMILES string of the molecule is C[NH+](CO)CC#N.[Cl-]. The maximum absolute atomic E-state index is 8.28. The molecule has 0 spiro atoms. The van der Waals surface area contributed by atoms with Crippen LogP contribution in [-0.2, 0) is 0 Å². The molecule has 1 unspecified atom stereocenters. The highest BCUT2D eigenvalue weighted by atomic mass is 35.5. The molecule has 0 aliphatic carbocycles. The second-order valence-electron chi connectivity index (χ2n) is 1.45. The molecule has 2 N–H and O–H groups in total. The molecule has 0 amide bonds. The van der Waals surface area contributed by atoms with Crippen LogP contribution < -0.4 is 17.3 Å². The van der Waals surface area contributed by atoms with Crippen molar-refractivity contribution in [3.63, 3.8) is 0 Å². The monoisotopic (exact) mass is 136 g/mol. The molecule has 0 aromatic carbocycles. The molecule has 0 aliphatic heterocycles. The van der Waals surface area contributed by atoms with Crippen molar-refractivity contribution in [1.82, 2.24) is 0 Å². The first kappa shape index (κ1) is 10.6. The van der Waals surface area contributed by atoms with E-state index in [0.717, 1.165) is 4.90 Å². The highest BCUT2D eigenvalue weighted by Crippen LogP contribution is 1.35. The zero-order chi connectivity index (χ0) is 5.70. The minimum atomic E-state index is 0. The molecule has 0 bridgehead atoms. The Morgan fingerprint density at radius 3 is 2.38 bits per heavy atom. The number of rotatable bonds is 2. The van der Waals surface area contributed by atoms with Gasteiger partial charge in [-0.25, -0.2) is 0 Å². The number of nitrogens with zero attached hydrogens (tertiary/aromatic N) is 1. The molecule has 3 nitrogen and oxygen atoms in total. The number of nitrogens with one attached hydrogen (secondary N) is 1. The predicted molar refractivity (Wildman–Crippen MR) is 24.5 cm³/mol. The topological polar surface area (TPSA) is 48.5 Å². The summed E-state index contributed by atoms with van der Waals surface area (Å²) in [6.07, 6.45) is 0. The standard InChI is InChI=1S/C4H8N2O.ClH/c1-6(4-7)3-2-5;/h7H,3-4H2,1H3;1H. The van der Waals surface area contributed by atoms with Crippen LogP contribution in [0.5, 0.6) is 0 Å². The number of halogens is 1. The van der Waals surface area contributed by atoms with Gasteiger partial charge in [0.1, 0.15) is 6.07 Å². The van der Waals surface area contributed by atoms with Crippen LogP contribution in [0.2, 0.25) is 0 Å². The Hall–Kier alpha value is -0.300. The summed E-state index contributed by atoms with van der Waals surface area (Å²) in [4.78, 5) is 0.822. The van der Waals surface area contributed by atoms with Gasteiger partial charge in [0.2, 0.25) is 0 Å². The molecule has 0 saturated carbocycles. The van der Waals surface area contributed by atoms with E-state index in [-0.39, 0.29) is 19.1 Å². The van der Waals surface area contributed by atoms with E-state index in [2.05, 4.69) is 0 Å². The normalized spacial score (nSPS) is 11.1. The van der Waals surface area contributed by atoms with Crippen LogP contribution in [0, 0.1) is 11.3 Å². The Balaban J connectivity index is 0. The maximum atomic E-state index is 8.28. The molecule has 48 valence electrons. The molecular weight excluding hydrogens is 128 g/mol. The molecule has 0 aromatic heterocycles. The van der Waals surface area contributed by atoms with E-state index in [0.29, 0.717) is 6.54 Å². The lowest BCUT2D eigenvalue weighted by Crippen LogP contribution is -3.09. The molecular formula is C4H9ClN2O. The van der Waals surface area contributed by atoms with Crippen molar-refractivity contribution in [1.29, 1.82) is 5.26 Å². The second-order valence-corrected chi connectivity index (χ2v) is 1.45. The van der Waals surface area contributed by atoms with Crippen molar-refractivity contribution >= 4 is 0 Å². The fraction of sp³-hybridized carbons (Fsp3) is 0.750. The molecule has 0 aromatic rings. The van der Waals surface area contributed by atoms with Gasteiger partial charge in [0.25, 0.3) is 0 Å². The third-order valence-electron chi connectivity index (χ3n) is 0.651. The van der Waals surface area contributed by atoms with Gasteiger partial charge in [0.05, 0.1) is 7.05 Å². The van der Waals surface area contributed by atoms with Gasteiger partial charge in [0, 0.05) is 0 Å². The molecule has 1 atom stereocenters. The number of aliphatic hydroxyl groups is 1. The van der Waals surface area contributed by atoms with Gasteiger partial charge in [-0.3, -0.25) is 0 Å². The fourth-order valence-corrected chi connectivity index (χ4v) is 0.191. The lowest BCUT2D eigenvalue weighted by molar-refractivity contribution is -0.892. The lowest BCUT2D eigenvalue weighted by Gasteiger charge is -2.01. The van der Waals surface area contributed by atoms with Crippen molar-refractivity contribution in [3.8, 4) is 6.07 Å². The fourth-order valence-electron chi connectivity index (χ4n) is 0.191. The lowest BCUT2D eigenvalue weighted by atomic mass is 10.7. The van der Waals surface area contributed by atoms with Gasteiger partial charge in [-0.1, -0.05) is 0 Å². The van der Waals surface area contributed by atoms with Gasteiger partial charge >= 0.3 is 0 Å². The summed E-state index contributed by atoms with van der Waals surface area (Å²) >= 11 is 0. The van der Waals surface area contributed by atoms with E-state index in [1.165, 1.54) is 0 Å². The number of nitriles is 1. The smallest absolute Gasteiger partial charge is 0.179 e. The summed E-state index contributed by atoms with van der Waals surface area (Å²) in [7, 11) is 1.75. The summed E-state index contributed by atoms with van der Waals surface area (Å²) in [6.45, 7) is 0.407. The molecule has 0 saturated heterocycles. The van der Waals surface area contributed by atoms with Crippen molar-refractivity contribution in [2.45, 2.75) is 0 Å². The number of hydrogen-bond donors (Lipinski definition) is 2. The Labute approximate surface area is 54.9 Å². The Bertz CT molecular complexity index is 80.6. The third kappa shape index (κ3) is 5.70. The first-order valence-electron chi connectivity index (χ1n) is 2.10. The average molecular weight is 137 g/mol. The Morgan fingerprint density at radius 1 is 1.75 bits per heavy atom. The largest absolute Gasteiger partial charge is 1.00 e. The Kier molecular flexibility index (Phi) is 8.91. The zero-order valence-corrected chi connectivity index (χ0v) is 5.44. The minimum Gasteiger partial charge on any atom is -1.00 e. The average Bonchev–Trinajstić information content (AvgIpc) is 1.68. The highest BCUT2D eigenvalue weighted by molar-refractivity contribution is 4.63. The van der Waals surface area contributed by atoms with E-state index in [1.54, 1.807) is 7.05 Å². The van der Waals surface area contributed by atoms with E-state index in [9.17, 15) is 0 Å². The van der Waals surface area contributed by atoms with Crippen LogP contribution >= 0.6 is 0 Å². The van der Waals surface area contributed by atoms with Gasteiger partial charge in [0.15, 0.2) is 13.3 Å². The van der Waals surface area contributed by atoms with E-state index >= 15 is 0 Å². The molecule has 0 aliphatic rings.